The summed E-state index contributed by atoms with van der Waals surface area (Å²) in [7, 11) is 0. The molecule has 4 heteroatoms. The van der Waals surface area contributed by atoms with Gasteiger partial charge in [0.2, 0.25) is 0 Å². The van der Waals surface area contributed by atoms with Crippen LogP contribution in [0.25, 0.3) is 0 Å². The lowest BCUT2D eigenvalue weighted by Gasteiger charge is -2.11. The minimum absolute atomic E-state index is 0.0572. The topological polar surface area (TPSA) is 39.2 Å². The van der Waals surface area contributed by atoms with Crippen LogP contribution in [0.2, 0.25) is 0 Å². The summed E-state index contributed by atoms with van der Waals surface area (Å²) in [5.41, 5.74) is 1.38. The fourth-order valence-electron chi connectivity index (χ4n) is 1.38. The zero-order chi connectivity index (χ0) is 10.1. The van der Waals surface area contributed by atoms with Crippen LogP contribution in [0.5, 0.6) is 0 Å². The molecule has 0 spiro atoms. The molecule has 0 aliphatic heterocycles. The number of hydrogen-bond acceptors (Lipinski definition) is 4. The first-order chi connectivity index (χ1) is 6.68. The van der Waals surface area contributed by atoms with E-state index in [0.717, 1.165) is 5.69 Å². The van der Waals surface area contributed by atoms with E-state index in [-0.39, 0.29) is 12.1 Å². The second kappa shape index (κ2) is 3.69. The van der Waals surface area contributed by atoms with Gasteiger partial charge in [-0.2, -0.15) is 4.37 Å². The van der Waals surface area contributed by atoms with E-state index in [4.69, 9.17) is 4.74 Å². The molecule has 0 N–H and O–H groups in total. The monoisotopic (exact) mass is 211 g/mol. The van der Waals surface area contributed by atoms with Gasteiger partial charge in [-0.1, -0.05) is 0 Å². The van der Waals surface area contributed by atoms with Crippen LogP contribution in [0.3, 0.4) is 0 Å². The first kappa shape index (κ1) is 9.65. The van der Waals surface area contributed by atoms with Crippen LogP contribution in [-0.2, 0) is 4.74 Å². The third kappa shape index (κ3) is 1.95. The van der Waals surface area contributed by atoms with Crippen molar-refractivity contribution in [2.75, 3.05) is 0 Å². The summed E-state index contributed by atoms with van der Waals surface area (Å²) in [5.74, 6) is 0.363. The second-order valence-electron chi connectivity index (χ2n) is 3.76. The highest BCUT2D eigenvalue weighted by atomic mass is 32.1. The maximum Gasteiger partial charge on any atom is 0.341 e. The quantitative estimate of drug-likeness (QED) is 0.721. The highest BCUT2D eigenvalue weighted by Gasteiger charge is 2.31. The molecule has 0 bridgehead atoms. The lowest BCUT2D eigenvalue weighted by atomic mass is 10.2. The molecule has 1 aliphatic rings. The van der Waals surface area contributed by atoms with Crippen LogP contribution in [0.1, 0.15) is 35.8 Å². The molecule has 14 heavy (non-hydrogen) atoms. The fourth-order valence-corrected chi connectivity index (χ4v) is 2.06. The van der Waals surface area contributed by atoms with Gasteiger partial charge < -0.3 is 4.74 Å². The highest BCUT2D eigenvalue weighted by molar-refractivity contribution is 7.03. The van der Waals surface area contributed by atoms with Crippen molar-refractivity contribution >= 4 is 17.5 Å². The van der Waals surface area contributed by atoms with Crippen LogP contribution in [0, 0.1) is 12.8 Å². The molecule has 1 atom stereocenters. The summed E-state index contributed by atoms with van der Waals surface area (Å²) in [4.78, 5) is 11.6. The predicted octanol–water partition coefficient (Wildman–Crippen LogP) is 2.41. The van der Waals surface area contributed by atoms with E-state index in [2.05, 4.69) is 4.37 Å². The Balaban J connectivity index is 1.98. The van der Waals surface area contributed by atoms with E-state index in [1.807, 2.05) is 13.8 Å². The van der Waals surface area contributed by atoms with Gasteiger partial charge in [0, 0.05) is 5.38 Å². The Labute approximate surface area is 87.3 Å². The molecule has 1 aromatic heterocycles. The average molecular weight is 211 g/mol. The second-order valence-corrected chi connectivity index (χ2v) is 4.39. The van der Waals surface area contributed by atoms with Gasteiger partial charge in [-0.15, -0.1) is 0 Å². The number of ether oxygens (including phenoxy) is 1. The van der Waals surface area contributed by atoms with E-state index >= 15 is 0 Å². The minimum atomic E-state index is -0.226. The number of carbonyl (C=O) groups excluding carboxylic acids is 1. The first-order valence-corrected chi connectivity index (χ1v) is 5.64. The summed E-state index contributed by atoms with van der Waals surface area (Å²) in [6.07, 6.45) is 2.44. The largest absolute Gasteiger partial charge is 0.459 e. The molecule has 1 saturated carbocycles. The van der Waals surface area contributed by atoms with Gasteiger partial charge in [0.25, 0.3) is 0 Å². The van der Waals surface area contributed by atoms with Crippen LogP contribution >= 0.6 is 11.5 Å². The Bertz CT molecular complexity index is 344. The molecular formula is C10H13NO2S. The molecule has 0 saturated heterocycles. The van der Waals surface area contributed by atoms with Crippen molar-refractivity contribution in [3.8, 4) is 0 Å². The van der Waals surface area contributed by atoms with Crippen LogP contribution < -0.4 is 0 Å². The van der Waals surface area contributed by atoms with E-state index in [1.165, 1.54) is 24.4 Å². The van der Waals surface area contributed by atoms with Crippen LogP contribution in [-0.4, -0.2) is 16.4 Å². The number of nitrogens with zero attached hydrogens (tertiary/aromatic N) is 1. The SMILES string of the molecule is Cc1nscc1C(=O)O[C@H](C)C1CC1. The molecular weight excluding hydrogens is 198 g/mol. The maximum atomic E-state index is 11.6. The van der Waals surface area contributed by atoms with Crippen molar-refractivity contribution < 1.29 is 9.53 Å². The van der Waals surface area contributed by atoms with Gasteiger partial charge in [0.1, 0.15) is 6.10 Å². The summed E-state index contributed by atoms with van der Waals surface area (Å²) in [5, 5.41) is 1.75. The number of esters is 1. The molecule has 3 nitrogen and oxygen atoms in total. The van der Waals surface area contributed by atoms with E-state index in [9.17, 15) is 4.79 Å². The fraction of sp³-hybridized carbons (Fsp3) is 0.600. The molecule has 1 aromatic rings. The molecule has 0 unspecified atom stereocenters. The first-order valence-electron chi connectivity index (χ1n) is 4.80. The smallest absolute Gasteiger partial charge is 0.341 e. The highest BCUT2D eigenvalue weighted by Crippen LogP contribution is 2.34. The summed E-state index contributed by atoms with van der Waals surface area (Å²) < 4.78 is 9.37. The van der Waals surface area contributed by atoms with Crippen molar-refractivity contribution in [3.05, 3.63) is 16.6 Å². The Morgan fingerprint density at radius 2 is 2.43 bits per heavy atom. The zero-order valence-corrected chi connectivity index (χ0v) is 9.13. The lowest BCUT2D eigenvalue weighted by Crippen LogP contribution is -2.16. The normalized spacial score (nSPS) is 17.9. The third-order valence-corrected chi connectivity index (χ3v) is 3.27. The number of aryl methyl sites for hydroxylation is 1. The van der Waals surface area contributed by atoms with Crippen molar-refractivity contribution in [3.63, 3.8) is 0 Å². The predicted molar refractivity (Wildman–Crippen MR) is 54.5 cm³/mol. The van der Waals surface area contributed by atoms with Gasteiger partial charge in [-0.25, -0.2) is 4.79 Å². The summed E-state index contributed by atoms with van der Waals surface area (Å²) >= 11 is 1.29. The van der Waals surface area contributed by atoms with Crippen molar-refractivity contribution in [1.82, 2.24) is 4.37 Å². The number of aromatic nitrogens is 1. The lowest BCUT2D eigenvalue weighted by molar-refractivity contribution is 0.0294. The number of hydrogen-bond donors (Lipinski definition) is 0. The molecule has 1 aliphatic carbocycles. The Morgan fingerprint density at radius 1 is 1.71 bits per heavy atom. The van der Waals surface area contributed by atoms with E-state index < -0.39 is 0 Å². The van der Waals surface area contributed by atoms with Gasteiger partial charge in [-0.3, -0.25) is 0 Å². The zero-order valence-electron chi connectivity index (χ0n) is 8.32. The standard InChI is InChI=1S/C10H13NO2S/c1-6-9(5-14-11-6)10(12)13-7(2)8-3-4-8/h5,7-8H,3-4H2,1-2H3/t7-/m1/s1. The van der Waals surface area contributed by atoms with Crippen LogP contribution in [0.15, 0.2) is 5.38 Å². The van der Waals surface area contributed by atoms with Crippen molar-refractivity contribution in [2.45, 2.75) is 32.8 Å². The Kier molecular flexibility index (Phi) is 2.54. The molecule has 2 rings (SSSR count). The molecule has 0 amide bonds. The average Bonchev–Trinajstić information content (AvgIpc) is 2.89. The Hall–Kier alpha value is -0.900. The molecule has 0 aromatic carbocycles. The van der Waals surface area contributed by atoms with Crippen molar-refractivity contribution in [2.24, 2.45) is 5.92 Å². The minimum Gasteiger partial charge on any atom is -0.459 e. The van der Waals surface area contributed by atoms with E-state index in [0.29, 0.717) is 11.5 Å². The molecule has 76 valence electrons. The van der Waals surface area contributed by atoms with E-state index in [1.54, 1.807) is 5.38 Å². The molecule has 1 fully saturated rings. The molecule has 1 heterocycles. The summed E-state index contributed by atoms with van der Waals surface area (Å²) in [6.45, 7) is 3.79. The summed E-state index contributed by atoms with van der Waals surface area (Å²) in [6, 6.07) is 0. The van der Waals surface area contributed by atoms with Crippen molar-refractivity contribution in [1.29, 1.82) is 0 Å². The number of carbonyl (C=O) groups is 1. The van der Waals surface area contributed by atoms with Gasteiger partial charge in [-0.05, 0) is 44.1 Å². The maximum absolute atomic E-state index is 11.6. The van der Waals surface area contributed by atoms with Crippen LogP contribution in [0.4, 0.5) is 0 Å². The molecule has 0 radical (unpaired) electrons. The van der Waals surface area contributed by atoms with Gasteiger partial charge >= 0.3 is 5.97 Å². The number of rotatable bonds is 3. The third-order valence-electron chi connectivity index (χ3n) is 2.55. The van der Waals surface area contributed by atoms with Gasteiger partial charge in [0.15, 0.2) is 0 Å². The van der Waals surface area contributed by atoms with Gasteiger partial charge in [0.05, 0.1) is 11.3 Å². The Morgan fingerprint density at radius 3 is 2.93 bits per heavy atom.